The number of amides is 1. The van der Waals surface area contributed by atoms with Crippen molar-refractivity contribution < 1.29 is 14.3 Å². The molecule has 2 aromatic rings. The molecule has 192 valence electrons. The Morgan fingerprint density at radius 1 is 1.03 bits per heavy atom. The third kappa shape index (κ3) is 8.25. The van der Waals surface area contributed by atoms with E-state index < -0.39 is 0 Å². The first kappa shape index (κ1) is 27.0. The number of carbonyl (C=O) groups is 1. The molecule has 6 heteroatoms. The SMILES string of the molecule is Cc1ccc(C)c(OCC(=O)NCC2CN(C(C)c3ccc(OCCCCN(C)C)c(C)c3)C2)c1. The average Bonchev–Trinajstić information content (AvgIpc) is 2.78. The summed E-state index contributed by atoms with van der Waals surface area (Å²) in [5, 5.41) is 3.03. The Balaban J connectivity index is 1.35. The Labute approximate surface area is 211 Å². The molecule has 1 unspecified atom stereocenters. The largest absolute Gasteiger partial charge is 0.493 e. The van der Waals surface area contributed by atoms with Crippen molar-refractivity contribution in [3.63, 3.8) is 0 Å². The summed E-state index contributed by atoms with van der Waals surface area (Å²) < 4.78 is 11.7. The maximum absolute atomic E-state index is 12.2. The standard InChI is InChI=1S/C29H43N3O3/c1-21-9-10-22(2)28(15-21)35-20-29(33)30-17-25-18-32(19-25)24(4)26-11-12-27(23(3)16-26)34-14-8-7-13-31(5)6/h9-12,15-16,24-25H,7-8,13-14,17-20H2,1-6H3,(H,30,33). The van der Waals surface area contributed by atoms with E-state index in [1.165, 1.54) is 11.1 Å². The summed E-state index contributed by atoms with van der Waals surface area (Å²) in [5.74, 6) is 2.18. The lowest BCUT2D eigenvalue weighted by atomic mass is 9.94. The highest BCUT2D eigenvalue weighted by molar-refractivity contribution is 5.77. The molecule has 1 N–H and O–H groups in total. The number of hydrogen-bond acceptors (Lipinski definition) is 5. The number of likely N-dealkylation sites (tertiary alicyclic amines) is 1. The lowest BCUT2D eigenvalue weighted by molar-refractivity contribution is -0.123. The van der Waals surface area contributed by atoms with Crippen molar-refractivity contribution >= 4 is 5.91 Å². The van der Waals surface area contributed by atoms with Crippen molar-refractivity contribution in [2.24, 2.45) is 5.92 Å². The number of benzene rings is 2. The Morgan fingerprint density at radius 2 is 1.80 bits per heavy atom. The van der Waals surface area contributed by atoms with Crippen LogP contribution in [0.5, 0.6) is 11.5 Å². The van der Waals surface area contributed by atoms with Crippen molar-refractivity contribution in [1.82, 2.24) is 15.1 Å². The Hall–Kier alpha value is -2.57. The van der Waals surface area contributed by atoms with E-state index in [0.29, 0.717) is 18.5 Å². The Kier molecular flexibility index (Phi) is 9.99. The second-order valence-corrected chi connectivity index (χ2v) is 10.2. The normalized spacial score (nSPS) is 15.1. The van der Waals surface area contributed by atoms with Crippen LogP contribution < -0.4 is 14.8 Å². The van der Waals surface area contributed by atoms with Crippen LogP contribution in [0, 0.1) is 26.7 Å². The van der Waals surface area contributed by atoms with Crippen LogP contribution in [0.25, 0.3) is 0 Å². The van der Waals surface area contributed by atoms with Crippen LogP contribution in [0.2, 0.25) is 0 Å². The molecule has 0 saturated carbocycles. The van der Waals surface area contributed by atoms with Crippen molar-refractivity contribution in [2.45, 2.75) is 46.6 Å². The van der Waals surface area contributed by atoms with Crippen molar-refractivity contribution in [3.8, 4) is 11.5 Å². The molecular formula is C29H43N3O3. The minimum atomic E-state index is -0.0645. The van der Waals surface area contributed by atoms with Crippen LogP contribution in [0.15, 0.2) is 36.4 Å². The van der Waals surface area contributed by atoms with E-state index in [-0.39, 0.29) is 12.5 Å². The summed E-state index contributed by atoms with van der Waals surface area (Å²) in [7, 11) is 4.20. The van der Waals surface area contributed by atoms with Crippen molar-refractivity contribution in [1.29, 1.82) is 0 Å². The molecule has 0 aliphatic carbocycles. The predicted molar refractivity (Wildman–Crippen MR) is 142 cm³/mol. The van der Waals surface area contributed by atoms with E-state index >= 15 is 0 Å². The highest BCUT2D eigenvalue weighted by Gasteiger charge is 2.31. The average molecular weight is 482 g/mol. The summed E-state index contributed by atoms with van der Waals surface area (Å²) in [6, 6.07) is 12.9. The fourth-order valence-electron chi connectivity index (χ4n) is 4.39. The van der Waals surface area contributed by atoms with E-state index in [4.69, 9.17) is 9.47 Å². The van der Waals surface area contributed by atoms with Crippen molar-refractivity contribution in [3.05, 3.63) is 58.7 Å². The minimum Gasteiger partial charge on any atom is -0.493 e. The smallest absolute Gasteiger partial charge is 0.257 e. The van der Waals surface area contributed by atoms with E-state index in [1.54, 1.807) is 0 Å². The van der Waals surface area contributed by atoms with Crippen LogP contribution in [0.1, 0.15) is 48.1 Å². The van der Waals surface area contributed by atoms with E-state index in [2.05, 4.69) is 61.3 Å². The zero-order chi connectivity index (χ0) is 25.4. The number of hydrogen-bond donors (Lipinski definition) is 1. The molecule has 1 saturated heterocycles. The Morgan fingerprint density at radius 3 is 2.51 bits per heavy atom. The first-order valence-electron chi connectivity index (χ1n) is 12.8. The topological polar surface area (TPSA) is 54.0 Å². The summed E-state index contributed by atoms with van der Waals surface area (Å²) >= 11 is 0. The molecule has 3 rings (SSSR count). The zero-order valence-corrected chi connectivity index (χ0v) is 22.4. The first-order chi connectivity index (χ1) is 16.7. The van der Waals surface area contributed by atoms with Gasteiger partial charge in [0, 0.05) is 31.6 Å². The number of aryl methyl sites for hydroxylation is 3. The Bertz CT molecular complexity index is 970. The second-order valence-electron chi connectivity index (χ2n) is 10.2. The molecule has 0 bridgehead atoms. The molecular weight excluding hydrogens is 438 g/mol. The summed E-state index contributed by atoms with van der Waals surface area (Å²) in [4.78, 5) is 16.9. The predicted octanol–water partition coefficient (Wildman–Crippen LogP) is 4.52. The quantitative estimate of drug-likeness (QED) is 0.426. The highest BCUT2D eigenvalue weighted by Crippen LogP contribution is 2.31. The molecule has 2 aromatic carbocycles. The van der Waals surface area contributed by atoms with Gasteiger partial charge in [-0.25, -0.2) is 0 Å². The van der Waals surface area contributed by atoms with Gasteiger partial charge >= 0.3 is 0 Å². The van der Waals surface area contributed by atoms with Gasteiger partial charge in [-0.1, -0.05) is 24.3 Å². The monoisotopic (exact) mass is 481 g/mol. The fourth-order valence-corrected chi connectivity index (χ4v) is 4.39. The fraction of sp³-hybridized carbons (Fsp3) is 0.552. The van der Waals surface area contributed by atoms with E-state index in [1.807, 2.05) is 32.0 Å². The van der Waals surface area contributed by atoms with Crippen LogP contribution in [-0.2, 0) is 4.79 Å². The molecule has 0 radical (unpaired) electrons. The third-order valence-electron chi connectivity index (χ3n) is 6.76. The molecule has 1 fully saturated rings. The van der Waals surface area contributed by atoms with Gasteiger partial charge in [0.25, 0.3) is 5.91 Å². The lowest BCUT2D eigenvalue weighted by Gasteiger charge is -2.43. The molecule has 1 heterocycles. The number of nitrogens with one attached hydrogen (secondary N) is 1. The molecule has 1 amide bonds. The van der Waals surface area contributed by atoms with Crippen LogP contribution in [0.3, 0.4) is 0 Å². The summed E-state index contributed by atoms with van der Waals surface area (Å²) in [5.41, 5.74) is 4.67. The van der Waals surface area contributed by atoms with Crippen LogP contribution in [0.4, 0.5) is 0 Å². The molecule has 0 spiro atoms. The molecule has 1 aliphatic rings. The zero-order valence-electron chi connectivity index (χ0n) is 22.4. The first-order valence-corrected chi connectivity index (χ1v) is 12.8. The molecule has 1 aliphatic heterocycles. The van der Waals surface area contributed by atoms with E-state index in [0.717, 1.165) is 61.7 Å². The van der Waals surface area contributed by atoms with E-state index in [9.17, 15) is 4.79 Å². The number of unbranched alkanes of at least 4 members (excludes halogenated alkanes) is 1. The van der Waals surface area contributed by atoms with Gasteiger partial charge in [-0.05, 0) is 95.6 Å². The van der Waals surface area contributed by atoms with Crippen LogP contribution >= 0.6 is 0 Å². The van der Waals surface area contributed by atoms with Gasteiger partial charge in [-0.15, -0.1) is 0 Å². The van der Waals surface area contributed by atoms with Gasteiger partial charge in [-0.2, -0.15) is 0 Å². The third-order valence-corrected chi connectivity index (χ3v) is 6.76. The number of ether oxygens (including phenoxy) is 2. The molecule has 1 atom stereocenters. The number of rotatable bonds is 13. The summed E-state index contributed by atoms with van der Waals surface area (Å²) in [6.45, 7) is 13.0. The molecule has 0 aromatic heterocycles. The maximum atomic E-state index is 12.2. The molecule has 35 heavy (non-hydrogen) atoms. The van der Waals surface area contributed by atoms with Gasteiger partial charge in [0.05, 0.1) is 6.61 Å². The summed E-state index contributed by atoms with van der Waals surface area (Å²) in [6.07, 6.45) is 2.22. The van der Waals surface area contributed by atoms with Gasteiger partial charge in [0.15, 0.2) is 6.61 Å². The molecule has 6 nitrogen and oxygen atoms in total. The number of carbonyl (C=O) groups excluding carboxylic acids is 1. The minimum absolute atomic E-state index is 0.0560. The van der Waals surface area contributed by atoms with Gasteiger partial charge in [0.1, 0.15) is 11.5 Å². The van der Waals surface area contributed by atoms with Gasteiger partial charge < -0.3 is 19.7 Å². The maximum Gasteiger partial charge on any atom is 0.257 e. The van der Waals surface area contributed by atoms with Gasteiger partial charge in [0.2, 0.25) is 0 Å². The highest BCUT2D eigenvalue weighted by atomic mass is 16.5. The van der Waals surface area contributed by atoms with Crippen LogP contribution in [-0.4, -0.2) is 69.2 Å². The lowest BCUT2D eigenvalue weighted by Crippen LogP contribution is -2.52. The van der Waals surface area contributed by atoms with Crippen molar-refractivity contribution in [2.75, 3.05) is 53.5 Å². The number of nitrogens with zero attached hydrogens (tertiary/aromatic N) is 2. The van der Waals surface area contributed by atoms with Gasteiger partial charge in [-0.3, -0.25) is 9.69 Å². The second kappa shape index (κ2) is 12.9.